The van der Waals surface area contributed by atoms with E-state index in [1.807, 2.05) is 5.43 Å². The number of halogens is 9. The zero-order valence-electron chi connectivity index (χ0n) is 13.0. The van der Waals surface area contributed by atoms with E-state index < -0.39 is 51.2 Å². The lowest BCUT2D eigenvalue weighted by Crippen LogP contribution is -2.50. The minimum Gasteiger partial charge on any atom is -0.459 e. The zero-order valence-corrected chi connectivity index (χ0v) is 14.5. The fourth-order valence-electron chi connectivity index (χ4n) is 1.75. The molecule has 0 radical (unpaired) electrons. The number of alkyl halides is 7. The van der Waals surface area contributed by atoms with Crippen LogP contribution in [0.15, 0.2) is 12.1 Å². The number of benzene rings is 1. The molecule has 1 aromatic rings. The van der Waals surface area contributed by atoms with Gasteiger partial charge in [0, 0.05) is 5.56 Å². The summed E-state index contributed by atoms with van der Waals surface area (Å²) in [6, 6.07) is 0.0700. The molecular formula is C13H9Cl2F7N2O3. The number of ether oxygens (including phenoxy) is 1. The number of rotatable bonds is 4. The fourth-order valence-corrected chi connectivity index (χ4v) is 2.33. The summed E-state index contributed by atoms with van der Waals surface area (Å²) in [6.45, 7) is 1.26. The van der Waals surface area contributed by atoms with E-state index in [4.69, 9.17) is 23.2 Å². The van der Waals surface area contributed by atoms with Crippen LogP contribution >= 0.6 is 23.2 Å². The van der Waals surface area contributed by atoms with Crippen LogP contribution in [0, 0.1) is 0 Å². The third kappa shape index (κ3) is 4.67. The molecule has 27 heavy (non-hydrogen) atoms. The van der Waals surface area contributed by atoms with Gasteiger partial charge in [0.05, 0.1) is 22.3 Å². The maximum atomic E-state index is 14.0. The average molecular weight is 445 g/mol. The Morgan fingerprint density at radius 1 is 1.00 bits per heavy atom. The summed E-state index contributed by atoms with van der Waals surface area (Å²) in [7, 11) is 0. The van der Waals surface area contributed by atoms with Crippen molar-refractivity contribution in [3.05, 3.63) is 27.7 Å². The lowest BCUT2D eigenvalue weighted by Gasteiger charge is -2.30. The van der Waals surface area contributed by atoms with Gasteiger partial charge in [-0.1, -0.05) is 23.2 Å². The van der Waals surface area contributed by atoms with Gasteiger partial charge < -0.3 is 4.74 Å². The van der Waals surface area contributed by atoms with Gasteiger partial charge in [-0.15, -0.1) is 0 Å². The number of hydrogen-bond acceptors (Lipinski definition) is 4. The molecule has 14 heteroatoms. The molecule has 1 rings (SSSR count). The molecule has 5 nitrogen and oxygen atoms in total. The third-order valence-corrected chi connectivity index (χ3v) is 3.58. The first-order valence-electron chi connectivity index (χ1n) is 6.71. The van der Waals surface area contributed by atoms with E-state index in [0.717, 1.165) is 0 Å². The highest BCUT2D eigenvalue weighted by Gasteiger charge is 2.73. The van der Waals surface area contributed by atoms with Gasteiger partial charge in [0.1, 0.15) is 0 Å². The predicted octanol–water partition coefficient (Wildman–Crippen LogP) is 4.29. The molecule has 0 bridgehead atoms. The molecule has 0 atom stereocenters. The predicted molar refractivity (Wildman–Crippen MR) is 79.8 cm³/mol. The van der Waals surface area contributed by atoms with E-state index in [1.54, 1.807) is 5.43 Å². The van der Waals surface area contributed by atoms with Crippen molar-refractivity contribution in [2.75, 3.05) is 12.0 Å². The van der Waals surface area contributed by atoms with Gasteiger partial charge in [0.15, 0.2) is 0 Å². The van der Waals surface area contributed by atoms with Gasteiger partial charge in [-0.2, -0.15) is 26.3 Å². The molecule has 0 aromatic heterocycles. The van der Waals surface area contributed by atoms with Crippen molar-refractivity contribution in [3.63, 3.8) is 0 Å². The highest BCUT2D eigenvalue weighted by molar-refractivity contribution is 6.39. The molecule has 152 valence electrons. The lowest BCUT2D eigenvalue weighted by molar-refractivity contribution is -0.348. The van der Waals surface area contributed by atoms with Crippen LogP contribution in [-0.2, 0) is 20.0 Å². The summed E-state index contributed by atoms with van der Waals surface area (Å²) in [4.78, 5) is 22.4. The highest BCUT2D eigenvalue weighted by atomic mass is 35.5. The summed E-state index contributed by atoms with van der Waals surface area (Å²) < 4.78 is 94.9. The summed E-state index contributed by atoms with van der Waals surface area (Å²) in [5.41, 5.74) is -4.59. The van der Waals surface area contributed by atoms with E-state index >= 15 is 0 Å². The number of esters is 1. The number of anilines is 1. The molecule has 0 aliphatic rings. The third-order valence-electron chi connectivity index (χ3n) is 2.98. The molecule has 1 aromatic carbocycles. The maximum Gasteiger partial charge on any atom is 0.435 e. The van der Waals surface area contributed by atoms with E-state index in [-0.39, 0.29) is 18.7 Å². The Hall–Kier alpha value is -1.95. The van der Waals surface area contributed by atoms with Crippen molar-refractivity contribution >= 4 is 40.8 Å². The van der Waals surface area contributed by atoms with Gasteiger partial charge in [0.2, 0.25) is 0 Å². The molecule has 0 heterocycles. The minimum absolute atomic E-state index is 0.0350. The van der Waals surface area contributed by atoms with Gasteiger partial charge >= 0.3 is 29.9 Å². The van der Waals surface area contributed by atoms with Crippen LogP contribution in [0.2, 0.25) is 10.0 Å². The number of hydrogen-bond donors (Lipinski definition) is 2. The number of amides is 1. The van der Waals surface area contributed by atoms with Crippen molar-refractivity contribution in [1.29, 1.82) is 0 Å². The smallest absolute Gasteiger partial charge is 0.435 e. The monoisotopic (exact) mass is 444 g/mol. The Morgan fingerprint density at radius 2 is 1.44 bits per heavy atom. The first-order chi connectivity index (χ1) is 12.2. The van der Waals surface area contributed by atoms with Crippen LogP contribution in [-0.4, -0.2) is 30.8 Å². The second-order valence-corrected chi connectivity index (χ2v) is 5.58. The Labute approximate surface area is 156 Å². The molecule has 0 saturated heterocycles. The molecule has 2 N–H and O–H groups in total. The van der Waals surface area contributed by atoms with Crippen LogP contribution in [0.5, 0.6) is 0 Å². The molecule has 0 spiro atoms. The first-order valence-corrected chi connectivity index (χ1v) is 7.47. The van der Waals surface area contributed by atoms with Crippen LogP contribution in [0.3, 0.4) is 0 Å². The van der Waals surface area contributed by atoms with Crippen molar-refractivity contribution in [3.8, 4) is 0 Å². The van der Waals surface area contributed by atoms with Crippen molar-refractivity contribution in [1.82, 2.24) is 5.43 Å². The number of carbonyl (C=O) groups is 2. The Bertz CT molecular complexity index is 701. The van der Waals surface area contributed by atoms with Gasteiger partial charge in [-0.3, -0.25) is 15.6 Å². The molecule has 0 aliphatic carbocycles. The minimum atomic E-state index is -6.36. The van der Waals surface area contributed by atoms with Crippen LogP contribution in [0.25, 0.3) is 0 Å². The van der Waals surface area contributed by atoms with Gasteiger partial charge in [-0.25, -0.2) is 9.18 Å². The number of hydrazine groups is 1. The highest BCUT2D eigenvalue weighted by Crippen LogP contribution is 2.54. The standard InChI is InChI=1S/C13H9Cl2F7N2O3/c1-2-27-10(26)9(25)24-23-8-6(14)3-5(4-7(8)15)11(16,12(17,18)19)13(20,21)22/h3-4,23H,2H2,1H3,(H,24,25). The SMILES string of the molecule is CCOC(=O)C(=O)NNc1c(Cl)cc(C(F)(C(F)(F)F)C(F)(F)F)cc1Cl. The molecule has 0 aliphatic heterocycles. The quantitative estimate of drug-likeness (QED) is 0.314. The lowest BCUT2D eigenvalue weighted by atomic mass is 9.94. The zero-order chi connectivity index (χ0) is 21.2. The fraction of sp³-hybridized carbons (Fsp3) is 0.385. The summed E-state index contributed by atoms with van der Waals surface area (Å²) >= 11 is 11.1. The van der Waals surface area contributed by atoms with Crippen molar-refractivity contribution in [2.45, 2.75) is 24.9 Å². The Morgan fingerprint density at radius 3 is 1.81 bits per heavy atom. The van der Waals surface area contributed by atoms with Crippen LogP contribution in [0.4, 0.5) is 36.4 Å². The Balaban J connectivity index is 3.25. The average Bonchev–Trinajstić information content (AvgIpc) is 2.50. The van der Waals surface area contributed by atoms with Crippen LogP contribution < -0.4 is 10.9 Å². The van der Waals surface area contributed by atoms with E-state index in [0.29, 0.717) is 0 Å². The van der Waals surface area contributed by atoms with Gasteiger partial charge in [-0.05, 0) is 19.1 Å². The molecule has 0 saturated carbocycles. The second-order valence-electron chi connectivity index (χ2n) is 4.77. The molecule has 0 fully saturated rings. The van der Waals surface area contributed by atoms with E-state index in [2.05, 4.69) is 4.74 Å². The second kappa shape index (κ2) is 7.97. The first kappa shape index (κ1) is 23.1. The summed E-state index contributed by atoms with van der Waals surface area (Å²) in [5, 5.41) is -1.78. The molecule has 0 unspecified atom stereocenters. The Kier molecular flexibility index (Phi) is 6.81. The topological polar surface area (TPSA) is 67.4 Å². The molecular weight excluding hydrogens is 436 g/mol. The normalized spacial score (nSPS) is 12.5. The van der Waals surface area contributed by atoms with E-state index in [1.165, 1.54) is 6.92 Å². The van der Waals surface area contributed by atoms with Gasteiger partial charge in [0.25, 0.3) is 0 Å². The molecule has 1 amide bonds. The van der Waals surface area contributed by atoms with Crippen molar-refractivity contribution in [2.24, 2.45) is 0 Å². The maximum absolute atomic E-state index is 14.0. The largest absolute Gasteiger partial charge is 0.459 e. The van der Waals surface area contributed by atoms with E-state index in [9.17, 15) is 40.3 Å². The summed E-state index contributed by atoms with van der Waals surface area (Å²) in [5.74, 6) is -2.70. The number of nitrogens with one attached hydrogen (secondary N) is 2. The van der Waals surface area contributed by atoms with Crippen LogP contribution in [0.1, 0.15) is 12.5 Å². The number of carbonyl (C=O) groups excluding carboxylic acids is 2. The summed E-state index contributed by atoms with van der Waals surface area (Å²) in [6.07, 6.45) is -12.7. The van der Waals surface area contributed by atoms with Crippen molar-refractivity contribution < 1.29 is 45.1 Å².